The molecule has 3 rings (SSSR count). The fraction of sp³-hybridized carbons (Fsp3) is 0.167. The van der Waals surface area contributed by atoms with Gasteiger partial charge in [0, 0.05) is 23.2 Å². The minimum absolute atomic E-state index is 0.0457. The Kier molecular flexibility index (Phi) is 5.86. The molecule has 0 radical (unpaired) electrons. The highest BCUT2D eigenvalue weighted by molar-refractivity contribution is 7.99. The van der Waals surface area contributed by atoms with Crippen LogP contribution in [0.3, 0.4) is 0 Å². The van der Waals surface area contributed by atoms with Gasteiger partial charge in [0.1, 0.15) is 5.75 Å². The van der Waals surface area contributed by atoms with Crippen molar-refractivity contribution in [3.05, 3.63) is 58.1 Å². The fourth-order valence-corrected chi connectivity index (χ4v) is 3.53. The zero-order chi connectivity index (χ0) is 18.7. The molecular weight excluding hydrogens is 393 g/mol. The number of Topliss-reactive ketones (excluding diaryl/α,β-unsaturated/α-hetero) is 1. The zero-order valence-corrected chi connectivity index (χ0v) is 16.4. The first-order valence-electron chi connectivity index (χ1n) is 7.64. The van der Waals surface area contributed by atoms with Crippen molar-refractivity contribution in [3.8, 4) is 17.1 Å². The SMILES string of the molecule is COc1ccc(C(=O)CSc2nnc(-c3ccc(Cl)cc3)n2C)cc1Cl. The molecule has 0 aliphatic rings. The Morgan fingerprint density at radius 1 is 1.15 bits per heavy atom. The average Bonchev–Trinajstić information content (AvgIpc) is 3.01. The van der Waals surface area contributed by atoms with Crippen LogP contribution in [0.1, 0.15) is 10.4 Å². The topological polar surface area (TPSA) is 57.0 Å². The molecule has 1 heterocycles. The number of carbonyl (C=O) groups is 1. The monoisotopic (exact) mass is 407 g/mol. The van der Waals surface area contributed by atoms with Crippen molar-refractivity contribution >= 4 is 40.7 Å². The summed E-state index contributed by atoms with van der Waals surface area (Å²) >= 11 is 13.3. The summed E-state index contributed by atoms with van der Waals surface area (Å²) in [6.45, 7) is 0. The molecule has 0 unspecified atom stereocenters. The lowest BCUT2D eigenvalue weighted by Crippen LogP contribution is -2.04. The summed E-state index contributed by atoms with van der Waals surface area (Å²) in [6, 6.07) is 12.4. The maximum Gasteiger partial charge on any atom is 0.191 e. The van der Waals surface area contributed by atoms with Crippen LogP contribution in [0.25, 0.3) is 11.4 Å². The van der Waals surface area contributed by atoms with Crippen LogP contribution in [0.4, 0.5) is 0 Å². The molecule has 0 saturated heterocycles. The molecule has 5 nitrogen and oxygen atoms in total. The molecule has 0 N–H and O–H groups in total. The van der Waals surface area contributed by atoms with Gasteiger partial charge in [-0.3, -0.25) is 4.79 Å². The smallest absolute Gasteiger partial charge is 0.191 e. The van der Waals surface area contributed by atoms with Gasteiger partial charge in [-0.2, -0.15) is 0 Å². The van der Waals surface area contributed by atoms with Crippen LogP contribution in [0.15, 0.2) is 47.6 Å². The van der Waals surface area contributed by atoms with E-state index in [2.05, 4.69) is 10.2 Å². The van der Waals surface area contributed by atoms with Crippen LogP contribution < -0.4 is 4.74 Å². The number of rotatable bonds is 6. The molecule has 3 aromatic rings. The number of hydrogen-bond donors (Lipinski definition) is 0. The fourth-order valence-electron chi connectivity index (χ4n) is 2.34. The van der Waals surface area contributed by atoms with Gasteiger partial charge in [-0.1, -0.05) is 35.0 Å². The van der Waals surface area contributed by atoms with Crippen molar-refractivity contribution in [2.75, 3.05) is 12.9 Å². The van der Waals surface area contributed by atoms with Crippen LogP contribution in [0, 0.1) is 0 Å². The third kappa shape index (κ3) is 4.03. The van der Waals surface area contributed by atoms with Gasteiger partial charge in [0.2, 0.25) is 0 Å². The molecule has 0 bridgehead atoms. The van der Waals surface area contributed by atoms with Gasteiger partial charge in [0.05, 0.1) is 17.9 Å². The van der Waals surface area contributed by atoms with E-state index in [0.29, 0.717) is 32.3 Å². The van der Waals surface area contributed by atoms with E-state index in [9.17, 15) is 4.79 Å². The lowest BCUT2D eigenvalue weighted by Gasteiger charge is -2.06. The first-order valence-corrected chi connectivity index (χ1v) is 9.38. The highest BCUT2D eigenvalue weighted by Crippen LogP contribution is 2.27. The Morgan fingerprint density at radius 2 is 1.88 bits per heavy atom. The summed E-state index contributed by atoms with van der Waals surface area (Å²) in [5.41, 5.74) is 1.44. The van der Waals surface area contributed by atoms with E-state index in [-0.39, 0.29) is 11.5 Å². The molecule has 0 atom stereocenters. The maximum absolute atomic E-state index is 12.4. The number of halogens is 2. The van der Waals surface area contributed by atoms with Crippen LogP contribution >= 0.6 is 35.0 Å². The lowest BCUT2D eigenvalue weighted by atomic mass is 10.1. The second-order valence-electron chi connectivity index (χ2n) is 5.43. The molecule has 134 valence electrons. The molecule has 0 aliphatic carbocycles. The molecule has 2 aromatic carbocycles. The van der Waals surface area contributed by atoms with E-state index in [4.69, 9.17) is 27.9 Å². The molecule has 0 amide bonds. The molecule has 26 heavy (non-hydrogen) atoms. The minimum Gasteiger partial charge on any atom is -0.495 e. The predicted octanol–water partition coefficient (Wildman–Crippen LogP) is 4.77. The Bertz CT molecular complexity index is 942. The quantitative estimate of drug-likeness (QED) is 0.434. The maximum atomic E-state index is 12.4. The van der Waals surface area contributed by atoms with E-state index < -0.39 is 0 Å². The van der Waals surface area contributed by atoms with Gasteiger partial charge in [-0.15, -0.1) is 10.2 Å². The van der Waals surface area contributed by atoms with Crippen LogP contribution in [-0.2, 0) is 7.05 Å². The largest absolute Gasteiger partial charge is 0.495 e. The number of ether oxygens (including phenoxy) is 1. The van der Waals surface area contributed by atoms with Crippen LogP contribution in [0.2, 0.25) is 10.0 Å². The van der Waals surface area contributed by atoms with Crippen molar-refractivity contribution in [2.24, 2.45) is 7.05 Å². The van der Waals surface area contributed by atoms with E-state index >= 15 is 0 Å². The number of aromatic nitrogens is 3. The van der Waals surface area contributed by atoms with Crippen molar-refractivity contribution < 1.29 is 9.53 Å². The Labute approximate surface area is 165 Å². The molecule has 1 aromatic heterocycles. The molecule has 0 fully saturated rings. The van der Waals surface area contributed by atoms with Crippen LogP contribution in [-0.4, -0.2) is 33.4 Å². The molecule has 8 heteroatoms. The zero-order valence-electron chi connectivity index (χ0n) is 14.1. The van der Waals surface area contributed by atoms with E-state index in [1.54, 1.807) is 30.3 Å². The van der Waals surface area contributed by atoms with Crippen molar-refractivity contribution in [1.82, 2.24) is 14.8 Å². The van der Waals surface area contributed by atoms with Gasteiger partial charge in [-0.25, -0.2) is 0 Å². The van der Waals surface area contributed by atoms with E-state index in [1.165, 1.54) is 18.9 Å². The number of carbonyl (C=O) groups excluding carboxylic acids is 1. The third-order valence-electron chi connectivity index (χ3n) is 3.74. The summed E-state index contributed by atoms with van der Waals surface area (Å²) in [5, 5.41) is 10.1. The first kappa shape index (κ1) is 18.8. The number of nitrogens with zero attached hydrogens (tertiary/aromatic N) is 3. The van der Waals surface area contributed by atoms with E-state index in [0.717, 1.165) is 5.56 Å². The molecule has 0 aliphatic heterocycles. The predicted molar refractivity (Wildman–Crippen MR) is 105 cm³/mol. The molecule has 0 saturated carbocycles. The Hall–Kier alpha value is -2.02. The lowest BCUT2D eigenvalue weighted by molar-refractivity contribution is 0.102. The molecule has 0 spiro atoms. The summed E-state index contributed by atoms with van der Waals surface area (Å²) < 4.78 is 6.95. The average molecular weight is 408 g/mol. The number of hydrogen-bond acceptors (Lipinski definition) is 5. The minimum atomic E-state index is -0.0457. The van der Waals surface area contributed by atoms with Gasteiger partial charge in [0.25, 0.3) is 0 Å². The highest BCUT2D eigenvalue weighted by Gasteiger charge is 2.15. The van der Waals surface area contributed by atoms with Crippen molar-refractivity contribution in [2.45, 2.75) is 5.16 Å². The van der Waals surface area contributed by atoms with Crippen molar-refractivity contribution in [3.63, 3.8) is 0 Å². The van der Waals surface area contributed by atoms with Gasteiger partial charge in [-0.05, 0) is 42.5 Å². The van der Waals surface area contributed by atoms with Gasteiger partial charge in [0.15, 0.2) is 16.8 Å². The summed E-state index contributed by atoms with van der Waals surface area (Å²) in [5.74, 6) is 1.44. The second kappa shape index (κ2) is 8.12. The number of benzene rings is 2. The Balaban J connectivity index is 1.71. The molecular formula is C18H15Cl2N3O2S. The highest BCUT2D eigenvalue weighted by atomic mass is 35.5. The number of methoxy groups -OCH3 is 1. The first-order chi connectivity index (χ1) is 12.5. The third-order valence-corrected chi connectivity index (χ3v) is 5.31. The number of ketones is 1. The van der Waals surface area contributed by atoms with E-state index in [1.807, 2.05) is 23.7 Å². The summed E-state index contributed by atoms with van der Waals surface area (Å²) in [7, 11) is 3.39. The normalized spacial score (nSPS) is 10.8. The summed E-state index contributed by atoms with van der Waals surface area (Å²) in [4.78, 5) is 12.4. The number of thioether (sulfide) groups is 1. The van der Waals surface area contributed by atoms with Crippen molar-refractivity contribution in [1.29, 1.82) is 0 Å². The van der Waals surface area contributed by atoms with Crippen LogP contribution in [0.5, 0.6) is 5.75 Å². The van der Waals surface area contributed by atoms with Gasteiger partial charge < -0.3 is 9.30 Å². The summed E-state index contributed by atoms with van der Waals surface area (Å²) in [6.07, 6.45) is 0. The second-order valence-corrected chi connectivity index (χ2v) is 7.22. The van der Waals surface area contributed by atoms with Gasteiger partial charge >= 0.3 is 0 Å². The standard InChI is InChI=1S/C18H15Cl2N3O2S/c1-23-17(11-3-6-13(19)7-4-11)21-22-18(23)26-10-15(24)12-5-8-16(25-2)14(20)9-12/h3-9H,10H2,1-2H3. The Morgan fingerprint density at radius 3 is 2.54 bits per heavy atom.